The summed E-state index contributed by atoms with van der Waals surface area (Å²) in [6.45, 7) is 6.96. The summed E-state index contributed by atoms with van der Waals surface area (Å²) in [6.07, 6.45) is 6.10. The largest absolute Gasteiger partial charge is 0.493 e. The van der Waals surface area contributed by atoms with Gasteiger partial charge in [0.1, 0.15) is 5.60 Å². The van der Waals surface area contributed by atoms with E-state index in [4.69, 9.17) is 19.3 Å². The number of ether oxygens (including phenoxy) is 3. The van der Waals surface area contributed by atoms with Crippen LogP contribution < -0.4 is 9.47 Å². The summed E-state index contributed by atoms with van der Waals surface area (Å²) in [4.78, 5) is 13.4. The second-order valence-corrected chi connectivity index (χ2v) is 10.3. The predicted octanol–water partition coefficient (Wildman–Crippen LogP) is 5.08. The zero-order chi connectivity index (χ0) is 23.9. The average Bonchev–Trinajstić information content (AvgIpc) is 3.19. The molecule has 3 aliphatic rings. The number of carboxylic acid groups (broad SMARTS) is 1. The van der Waals surface area contributed by atoms with Gasteiger partial charge in [0.2, 0.25) is 0 Å². The van der Waals surface area contributed by atoms with Gasteiger partial charge in [0.25, 0.3) is 0 Å². The second-order valence-electron chi connectivity index (χ2n) is 10.3. The van der Waals surface area contributed by atoms with Crippen LogP contribution in [0.15, 0.2) is 48.5 Å². The second kappa shape index (κ2) is 8.75. The molecule has 0 unspecified atom stereocenters. The van der Waals surface area contributed by atoms with Gasteiger partial charge in [0.05, 0.1) is 19.8 Å². The molecule has 0 radical (unpaired) electrons. The molecule has 1 spiro atoms. The predicted molar refractivity (Wildman–Crippen MR) is 130 cm³/mol. The number of hydrogen-bond donors (Lipinski definition) is 1. The molecule has 3 heterocycles. The van der Waals surface area contributed by atoms with Crippen LogP contribution in [0.1, 0.15) is 55.9 Å². The highest BCUT2D eigenvalue weighted by molar-refractivity contribution is 5.85. The molecule has 2 fully saturated rings. The third kappa shape index (κ3) is 4.10. The van der Waals surface area contributed by atoms with Gasteiger partial charge in [-0.3, -0.25) is 4.90 Å². The molecule has 0 saturated carbocycles. The fourth-order valence-electron chi connectivity index (χ4n) is 5.98. The van der Waals surface area contributed by atoms with Gasteiger partial charge in [-0.05, 0) is 62.9 Å². The van der Waals surface area contributed by atoms with Crippen LogP contribution in [0.4, 0.5) is 0 Å². The fourth-order valence-corrected chi connectivity index (χ4v) is 5.98. The van der Waals surface area contributed by atoms with Crippen molar-refractivity contribution in [3.05, 3.63) is 65.2 Å². The third-order valence-electron chi connectivity index (χ3n) is 7.80. The standard InChI is InChI=1S/C28H33NO5/c1-27(2)22-16-28(18-33-25(22)21-6-4-7-23(32-3)26(21)34-27)14-5-15-29(28)17-20-10-8-19(9-11-20)12-13-24(30)31/h4,6-13,22,25H,5,14-18H2,1-3H3,(H,30,31)/b13-12+/t22-,25+,28-/m1/s1. The lowest BCUT2D eigenvalue weighted by molar-refractivity contribution is -0.167. The van der Waals surface area contributed by atoms with E-state index in [2.05, 4.69) is 36.9 Å². The van der Waals surface area contributed by atoms with Gasteiger partial charge in [0.15, 0.2) is 11.5 Å². The first-order chi connectivity index (χ1) is 16.3. The Morgan fingerprint density at radius 2 is 2.03 bits per heavy atom. The van der Waals surface area contributed by atoms with E-state index in [1.165, 1.54) is 11.6 Å². The Hall–Kier alpha value is -2.83. The van der Waals surface area contributed by atoms with E-state index in [1.807, 2.05) is 24.3 Å². The van der Waals surface area contributed by atoms with Crippen LogP contribution in [-0.4, -0.2) is 47.4 Å². The minimum atomic E-state index is -0.936. The van der Waals surface area contributed by atoms with Crippen molar-refractivity contribution in [1.29, 1.82) is 0 Å². The Balaban J connectivity index is 1.36. The highest BCUT2D eigenvalue weighted by Crippen LogP contribution is 2.56. The van der Waals surface area contributed by atoms with Crippen molar-refractivity contribution >= 4 is 12.0 Å². The van der Waals surface area contributed by atoms with Crippen LogP contribution >= 0.6 is 0 Å². The average molecular weight is 464 g/mol. The van der Waals surface area contributed by atoms with Crippen LogP contribution in [0.5, 0.6) is 11.5 Å². The molecule has 34 heavy (non-hydrogen) atoms. The van der Waals surface area contributed by atoms with Crippen molar-refractivity contribution < 1.29 is 24.1 Å². The number of hydrogen-bond acceptors (Lipinski definition) is 5. The lowest BCUT2D eigenvalue weighted by Crippen LogP contribution is -2.58. The fraction of sp³-hybridized carbons (Fsp3) is 0.464. The molecule has 1 N–H and O–H groups in total. The van der Waals surface area contributed by atoms with Crippen LogP contribution in [-0.2, 0) is 16.1 Å². The van der Waals surface area contributed by atoms with E-state index in [0.717, 1.165) is 55.0 Å². The van der Waals surface area contributed by atoms with Gasteiger partial charge < -0.3 is 19.3 Å². The first-order valence-corrected chi connectivity index (χ1v) is 12.0. The first-order valence-electron chi connectivity index (χ1n) is 12.0. The number of carboxylic acids is 1. The van der Waals surface area contributed by atoms with E-state index in [-0.39, 0.29) is 23.2 Å². The molecule has 0 amide bonds. The Kier molecular flexibility index (Phi) is 5.90. The number of carbonyl (C=O) groups is 1. The molecule has 2 saturated heterocycles. The van der Waals surface area contributed by atoms with Crippen molar-refractivity contribution in [2.75, 3.05) is 20.3 Å². The van der Waals surface area contributed by atoms with Gasteiger partial charge in [-0.2, -0.15) is 0 Å². The number of nitrogens with zero attached hydrogens (tertiary/aromatic N) is 1. The van der Waals surface area contributed by atoms with E-state index in [1.54, 1.807) is 13.2 Å². The zero-order valence-corrected chi connectivity index (χ0v) is 20.1. The summed E-state index contributed by atoms with van der Waals surface area (Å²) in [7, 11) is 1.68. The molecule has 0 aromatic heterocycles. The maximum Gasteiger partial charge on any atom is 0.328 e. The minimum absolute atomic E-state index is 0.0000479. The van der Waals surface area contributed by atoms with Crippen molar-refractivity contribution in [3.8, 4) is 11.5 Å². The molecule has 5 rings (SSSR count). The maximum atomic E-state index is 10.8. The summed E-state index contributed by atoms with van der Waals surface area (Å²) >= 11 is 0. The minimum Gasteiger partial charge on any atom is -0.493 e. The summed E-state index contributed by atoms with van der Waals surface area (Å²) in [5, 5.41) is 8.84. The van der Waals surface area contributed by atoms with E-state index >= 15 is 0 Å². The highest BCUT2D eigenvalue weighted by atomic mass is 16.5. The summed E-state index contributed by atoms with van der Waals surface area (Å²) < 4.78 is 18.8. The number of likely N-dealkylation sites (tertiary alicyclic amines) is 1. The van der Waals surface area contributed by atoms with Crippen LogP contribution in [0, 0.1) is 5.92 Å². The maximum absolute atomic E-state index is 10.8. The van der Waals surface area contributed by atoms with E-state index < -0.39 is 5.97 Å². The van der Waals surface area contributed by atoms with Crippen molar-refractivity contribution in [2.45, 2.75) is 56.9 Å². The van der Waals surface area contributed by atoms with Crippen LogP contribution in [0.2, 0.25) is 0 Å². The van der Waals surface area contributed by atoms with E-state index in [0.29, 0.717) is 6.61 Å². The van der Waals surface area contributed by atoms with E-state index in [9.17, 15) is 4.79 Å². The monoisotopic (exact) mass is 463 g/mol. The molecule has 3 atom stereocenters. The molecular weight excluding hydrogens is 430 g/mol. The molecule has 180 valence electrons. The topological polar surface area (TPSA) is 68.2 Å². The van der Waals surface area contributed by atoms with Crippen LogP contribution in [0.25, 0.3) is 6.08 Å². The quantitative estimate of drug-likeness (QED) is 0.624. The number of rotatable bonds is 5. The molecule has 0 bridgehead atoms. The Morgan fingerprint density at radius 1 is 1.24 bits per heavy atom. The highest BCUT2D eigenvalue weighted by Gasteiger charge is 2.55. The summed E-state index contributed by atoms with van der Waals surface area (Å²) in [6, 6.07) is 14.2. The lowest BCUT2D eigenvalue weighted by atomic mass is 9.70. The number of methoxy groups -OCH3 is 1. The number of para-hydroxylation sites is 1. The molecule has 2 aromatic carbocycles. The summed E-state index contributed by atoms with van der Waals surface area (Å²) in [5.41, 5.74) is 2.84. The number of aliphatic carboxylic acids is 1. The molecule has 6 nitrogen and oxygen atoms in total. The molecule has 3 aliphatic heterocycles. The van der Waals surface area contributed by atoms with Gasteiger partial charge in [-0.1, -0.05) is 36.4 Å². The van der Waals surface area contributed by atoms with Crippen molar-refractivity contribution in [1.82, 2.24) is 4.90 Å². The Bertz CT molecular complexity index is 1090. The van der Waals surface area contributed by atoms with Crippen LogP contribution in [0.3, 0.4) is 0 Å². The SMILES string of the molecule is COc1cccc2c1OC(C)(C)[C@@H]1C[C@]3(CCCN3Cc3ccc(/C=C/C(=O)O)cc3)CO[C@@H]21. The first kappa shape index (κ1) is 22.9. The van der Waals surface area contributed by atoms with Gasteiger partial charge in [-0.15, -0.1) is 0 Å². The van der Waals surface area contributed by atoms with Crippen molar-refractivity contribution in [2.24, 2.45) is 5.92 Å². The third-order valence-corrected chi connectivity index (χ3v) is 7.80. The molecule has 0 aliphatic carbocycles. The Morgan fingerprint density at radius 3 is 2.76 bits per heavy atom. The normalized spacial score (nSPS) is 27.9. The Labute approximate surface area is 201 Å². The molecular formula is C28H33NO5. The molecule has 2 aromatic rings. The van der Waals surface area contributed by atoms with Gasteiger partial charge in [0, 0.05) is 29.6 Å². The number of benzene rings is 2. The van der Waals surface area contributed by atoms with Crippen molar-refractivity contribution in [3.63, 3.8) is 0 Å². The van der Waals surface area contributed by atoms with Gasteiger partial charge in [-0.25, -0.2) is 4.79 Å². The smallest absolute Gasteiger partial charge is 0.328 e. The lowest BCUT2D eigenvalue weighted by Gasteiger charge is -2.54. The summed E-state index contributed by atoms with van der Waals surface area (Å²) in [5.74, 6) is 0.879. The molecule has 6 heteroatoms. The number of fused-ring (bicyclic) bond motifs is 3. The van der Waals surface area contributed by atoms with Gasteiger partial charge >= 0.3 is 5.97 Å². The zero-order valence-electron chi connectivity index (χ0n) is 20.1.